The summed E-state index contributed by atoms with van der Waals surface area (Å²) in [5.74, 6) is 1.14. The summed E-state index contributed by atoms with van der Waals surface area (Å²) in [5.41, 5.74) is 7.24. The van der Waals surface area contributed by atoms with Crippen LogP contribution in [0.4, 0.5) is 0 Å². The van der Waals surface area contributed by atoms with Crippen LogP contribution in [0.3, 0.4) is 0 Å². The molecule has 0 radical (unpaired) electrons. The number of aliphatic hydroxyl groups is 2. The summed E-state index contributed by atoms with van der Waals surface area (Å²) in [4.78, 5) is 33.6. The Morgan fingerprint density at radius 3 is 2.33 bits per heavy atom. The number of amides is 2. The molecule has 55 heavy (non-hydrogen) atoms. The van der Waals surface area contributed by atoms with E-state index in [0.29, 0.717) is 54.7 Å². The standard InChI is InChI=1S/C25H39N5O3.C10H16N2O3.C3H8.2C2H6/c1-7-20(26)29-19(14-27-8-2)25(5)22(31)18(15-30(25)6)28-23(32)16-10-9-11-17-21(16)33-13-12-24(17,3)4;1-8(10(14)12-3)4-5-9(11-2)15-7-6-13;1-3-2;2*1-2/h8-11,18-19,22,27,31H,2,7,12-15H2,1,3-6H3,(H2,26,29)(H,28,32);4-5,13H,1,6-7H2,2-3H3,(H,12,14);3H2,1-2H3;2*1-2H3/p+1/b;5-4-,11-9?;;;. The number of likely N-dealkylation sites (N-methyl/N-ethyl adjacent to an activating group) is 2. The molecule has 2 aliphatic heterocycles. The molecule has 13 nitrogen and oxygen atoms in total. The zero-order valence-electron chi connectivity index (χ0n) is 36.3. The highest BCUT2D eigenvalue weighted by atomic mass is 16.5. The van der Waals surface area contributed by atoms with Crippen molar-refractivity contribution in [3.63, 3.8) is 0 Å². The van der Waals surface area contributed by atoms with Crippen LogP contribution in [0.5, 0.6) is 5.75 Å². The van der Waals surface area contributed by atoms with Crippen LogP contribution in [0.2, 0.25) is 0 Å². The van der Waals surface area contributed by atoms with Crippen LogP contribution >= 0.6 is 0 Å². The number of benzene rings is 1. The number of carbonyl (C=O) groups excluding carboxylic acids is 2. The molecular formula is C42H76N7O6+. The Kier molecular flexibility index (Phi) is 27.2. The number of amidine groups is 1. The van der Waals surface area contributed by atoms with Crippen molar-refractivity contribution in [2.24, 2.45) is 10.7 Å². The second-order valence-corrected chi connectivity index (χ2v) is 13.3. The molecular weight excluding hydrogens is 699 g/mol. The van der Waals surface area contributed by atoms with E-state index in [-0.39, 0.29) is 36.5 Å². The van der Waals surface area contributed by atoms with Crippen LogP contribution in [0.25, 0.3) is 0 Å². The van der Waals surface area contributed by atoms with Crippen molar-refractivity contribution in [3.05, 3.63) is 66.4 Å². The van der Waals surface area contributed by atoms with Crippen LogP contribution in [0, 0.1) is 0 Å². The lowest BCUT2D eigenvalue weighted by atomic mass is 9.79. The van der Waals surface area contributed by atoms with Crippen molar-refractivity contribution in [3.8, 4) is 5.75 Å². The molecule has 4 atom stereocenters. The third-order valence-electron chi connectivity index (χ3n) is 8.97. The van der Waals surface area contributed by atoms with Crippen LogP contribution in [0.1, 0.15) is 104 Å². The average Bonchev–Trinajstić information content (AvgIpc) is 3.40. The SMILES string of the molecule is C=C(/C=C\C(=NC)OCCO)C(=O)NC.C=CNCC([NH+]=C(N)CC)C1(C)C(O)C(NC(=O)c2cccc3c2OCCC3(C)C)CN1C.CC.CC.CCC. The van der Waals surface area contributed by atoms with Gasteiger partial charge >= 0.3 is 0 Å². The number of carbonyl (C=O) groups is 2. The molecule has 0 spiro atoms. The Morgan fingerprint density at radius 2 is 1.80 bits per heavy atom. The highest BCUT2D eigenvalue weighted by Gasteiger charge is 2.54. The summed E-state index contributed by atoms with van der Waals surface area (Å²) in [7, 11) is 5.04. The third kappa shape index (κ3) is 16.2. The van der Waals surface area contributed by atoms with Crippen molar-refractivity contribution in [2.45, 2.75) is 118 Å². The molecule has 1 aromatic rings. The van der Waals surface area contributed by atoms with Gasteiger partial charge in [-0.2, -0.15) is 0 Å². The molecule has 2 amide bonds. The van der Waals surface area contributed by atoms with Crippen LogP contribution < -0.4 is 31.4 Å². The van der Waals surface area contributed by atoms with Gasteiger partial charge in [0, 0.05) is 44.3 Å². The van der Waals surface area contributed by atoms with Gasteiger partial charge in [0.25, 0.3) is 5.91 Å². The number of para-hydroxylation sites is 1. The number of nitrogens with two attached hydrogens (primary N) is 1. The summed E-state index contributed by atoms with van der Waals surface area (Å²) < 4.78 is 11.0. The summed E-state index contributed by atoms with van der Waals surface area (Å²) in [6.45, 7) is 29.5. The minimum atomic E-state index is -0.822. The summed E-state index contributed by atoms with van der Waals surface area (Å²) >= 11 is 0. The first-order valence-electron chi connectivity index (χ1n) is 19.6. The first kappa shape index (κ1) is 52.9. The fourth-order valence-corrected chi connectivity index (χ4v) is 5.69. The van der Waals surface area contributed by atoms with Gasteiger partial charge in [-0.05, 0) is 44.1 Å². The number of hydrogen-bond donors (Lipinski definition) is 7. The molecule has 1 saturated heterocycles. The molecule has 13 heteroatoms. The number of likely N-dealkylation sites (tertiary alicyclic amines) is 1. The molecule has 314 valence electrons. The first-order valence-corrected chi connectivity index (χ1v) is 19.6. The number of aliphatic imine (C=N–C) groups is 1. The molecule has 8 N–H and O–H groups in total. The average molecular weight is 775 g/mol. The fourth-order valence-electron chi connectivity index (χ4n) is 5.69. The van der Waals surface area contributed by atoms with Crippen molar-refractivity contribution in [2.75, 3.05) is 54.1 Å². The van der Waals surface area contributed by atoms with Gasteiger partial charge in [0.2, 0.25) is 17.6 Å². The zero-order valence-corrected chi connectivity index (χ0v) is 36.3. The Labute approximate surface area is 332 Å². The summed E-state index contributed by atoms with van der Waals surface area (Å²) in [6, 6.07) is 5.06. The van der Waals surface area contributed by atoms with Gasteiger partial charge in [-0.3, -0.25) is 30.2 Å². The quantitative estimate of drug-likeness (QED) is 0.0685. The number of nitrogens with zero attached hydrogens (tertiary/aromatic N) is 2. The van der Waals surface area contributed by atoms with E-state index in [4.69, 9.17) is 20.3 Å². The smallest absolute Gasteiger partial charge is 0.255 e. The maximum absolute atomic E-state index is 13.3. The lowest BCUT2D eigenvalue weighted by molar-refractivity contribution is -0.522. The number of hydrogen-bond acceptors (Lipinski definition) is 9. The van der Waals surface area contributed by atoms with Gasteiger partial charge in [-0.25, -0.2) is 0 Å². The Morgan fingerprint density at radius 1 is 1.18 bits per heavy atom. The molecule has 2 aliphatic rings. The molecule has 2 heterocycles. The predicted molar refractivity (Wildman–Crippen MR) is 228 cm³/mol. The minimum Gasteiger partial charge on any atom is -0.492 e. The molecule has 4 unspecified atom stereocenters. The maximum Gasteiger partial charge on any atom is 0.255 e. The van der Waals surface area contributed by atoms with Crippen molar-refractivity contribution in [1.29, 1.82) is 0 Å². The van der Waals surface area contributed by atoms with E-state index >= 15 is 0 Å². The molecule has 1 fully saturated rings. The van der Waals surface area contributed by atoms with Gasteiger partial charge in [-0.1, -0.05) is 94.0 Å². The Hall–Kier alpha value is -4.20. The Bertz CT molecular complexity index is 1390. The normalized spacial score (nSPS) is 20.4. The zero-order chi connectivity index (χ0) is 42.8. The topological polar surface area (TPSA) is 185 Å². The van der Waals surface area contributed by atoms with Gasteiger partial charge < -0.3 is 35.6 Å². The minimum absolute atomic E-state index is 0.0533. The van der Waals surface area contributed by atoms with Crippen molar-refractivity contribution >= 4 is 23.5 Å². The van der Waals surface area contributed by atoms with E-state index in [0.717, 1.165) is 12.0 Å². The Balaban J connectivity index is 0. The molecule has 0 bridgehead atoms. The number of nitrogens with one attached hydrogen (secondary N) is 4. The lowest BCUT2D eigenvalue weighted by Crippen LogP contribution is -2.90. The van der Waals surface area contributed by atoms with Gasteiger partial charge in [0.1, 0.15) is 18.4 Å². The predicted octanol–water partition coefficient (Wildman–Crippen LogP) is 3.21. The highest BCUT2D eigenvalue weighted by Crippen LogP contribution is 2.40. The largest absolute Gasteiger partial charge is 0.492 e. The lowest BCUT2D eigenvalue weighted by Gasteiger charge is -2.39. The third-order valence-corrected chi connectivity index (χ3v) is 8.97. The van der Waals surface area contributed by atoms with Gasteiger partial charge in [0.15, 0.2) is 0 Å². The molecule has 0 aliphatic carbocycles. The monoisotopic (exact) mass is 775 g/mol. The van der Waals surface area contributed by atoms with E-state index in [1.807, 2.05) is 60.7 Å². The second-order valence-electron chi connectivity index (χ2n) is 13.3. The number of rotatable bonds is 13. The highest BCUT2D eigenvalue weighted by molar-refractivity contribution is 5.98. The molecule has 1 aromatic carbocycles. The van der Waals surface area contributed by atoms with Crippen molar-refractivity contribution < 1.29 is 34.3 Å². The number of ether oxygens (including phenoxy) is 2. The van der Waals surface area contributed by atoms with E-state index in [2.05, 4.69) is 71.7 Å². The fraction of sp³-hybridized carbons (Fsp3) is 0.619. The van der Waals surface area contributed by atoms with Crippen LogP contribution in [-0.4, -0.2) is 116 Å². The van der Waals surface area contributed by atoms with Crippen LogP contribution in [-0.2, 0) is 14.9 Å². The maximum atomic E-state index is 13.3. The number of aliphatic hydroxyl groups excluding tert-OH is 2. The van der Waals surface area contributed by atoms with Gasteiger partial charge in [-0.15, -0.1) is 0 Å². The second kappa shape index (κ2) is 28.2. The van der Waals surface area contributed by atoms with Crippen LogP contribution in [0.15, 0.2) is 60.3 Å². The molecule has 0 saturated carbocycles. The van der Waals surface area contributed by atoms with E-state index < -0.39 is 17.7 Å². The van der Waals surface area contributed by atoms with Gasteiger partial charge in [0.05, 0.1) is 43.0 Å². The van der Waals surface area contributed by atoms with E-state index in [9.17, 15) is 14.7 Å². The molecule has 0 aromatic heterocycles. The molecule has 3 rings (SSSR count). The van der Waals surface area contributed by atoms with Crippen molar-refractivity contribution in [1.82, 2.24) is 20.9 Å². The van der Waals surface area contributed by atoms with E-state index in [1.54, 1.807) is 19.3 Å². The summed E-state index contributed by atoms with van der Waals surface area (Å²) in [5, 5.41) is 28.6. The first-order chi connectivity index (χ1) is 26.1. The number of fused-ring (bicyclic) bond motifs is 1. The van der Waals surface area contributed by atoms with E-state index in [1.165, 1.54) is 25.6 Å². The summed E-state index contributed by atoms with van der Waals surface area (Å²) in [6.07, 6.45) is 6.65.